The summed E-state index contributed by atoms with van der Waals surface area (Å²) < 4.78 is 7.33. The van der Waals surface area contributed by atoms with E-state index >= 15 is 0 Å². The Balaban J connectivity index is 1.51. The summed E-state index contributed by atoms with van der Waals surface area (Å²) in [5, 5.41) is 1.29. The highest BCUT2D eigenvalue weighted by atomic mass is 127. The van der Waals surface area contributed by atoms with Crippen LogP contribution < -0.4 is 4.74 Å². The summed E-state index contributed by atoms with van der Waals surface area (Å²) >= 11 is 2.39. The predicted molar refractivity (Wildman–Crippen MR) is 115 cm³/mol. The summed E-state index contributed by atoms with van der Waals surface area (Å²) in [4.78, 5) is 3.63. The molecule has 0 aliphatic heterocycles. The lowest BCUT2D eigenvalue weighted by molar-refractivity contribution is 0.306. The third-order valence-corrected chi connectivity index (χ3v) is 5.78. The summed E-state index contributed by atoms with van der Waals surface area (Å²) in [5.41, 5.74) is 7.85. The van der Waals surface area contributed by atoms with Gasteiger partial charge in [-0.1, -0.05) is 36.4 Å². The van der Waals surface area contributed by atoms with E-state index in [9.17, 15) is 0 Å². The van der Waals surface area contributed by atoms with Crippen molar-refractivity contribution in [3.63, 3.8) is 0 Å². The highest BCUT2D eigenvalue weighted by Gasteiger charge is 2.21. The Hall–Kier alpha value is -2.27. The number of fused-ring (bicyclic) bond motifs is 5. The van der Waals surface area contributed by atoms with Crippen molar-refractivity contribution < 1.29 is 4.74 Å². The lowest BCUT2D eigenvalue weighted by atomic mass is 9.89. The maximum absolute atomic E-state index is 6.03. The fourth-order valence-electron chi connectivity index (χ4n) is 3.82. The smallest absolute Gasteiger partial charge is 0.120 e. The van der Waals surface area contributed by atoms with E-state index in [1.807, 2.05) is 18.2 Å². The molecule has 0 unspecified atom stereocenters. The number of hydrogen-bond acceptors (Lipinski definition) is 1. The summed E-state index contributed by atoms with van der Waals surface area (Å²) in [6, 6.07) is 23.4. The summed E-state index contributed by atoms with van der Waals surface area (Å²) in [7, 11) is 0. The first-order valence-electron chi connectivity index (χ1n) is 8.88. The van der Waals surface area contributed by atoms with Crippen molar-refractivity contribution in [1.82, 2.24) is 4.98 Å². The second-order valence-corrected chi connectivity index (χ2v) is 8.01. The van der Waals surface area contributed by atoms with Gasteiger partial charge >= 0.3 is 0 Å². The summed E-state index contributed by atoms with van der Waals surface area (Å²) in [5.74, 6) is 0.927. The molecule has 0 amide bonds. The third kappa shape index (κ3) is 2.80. The van der Waals surface area contributed by atoms with E-state index in [0.29, 0.717) is 6.61 Å². The maximum Gasteiger partial charge on any atom is 0.120 e. The molecule has 3 aromatic carbocycles. The molecular formula is C23H18INO. The van der Waals surface area contributed by atoms with Crippen LogP contribution in [0.1, 0.15) is 16.7 Å². The van der Waals surface area contributed by atoms with E-state index in [1.54, 1.807) is 0 Å². The Morgan fingerprint density at radius 3 is 2.69 bits per heavy atom. The highest BCUT2D eigenvalue weighted by molar-refractivity contribution is 14.1. The van der Waals surface area contributed by atoms with Gasteiger partial charge in [0.15, 0.2) is 0 Å². The molecule has 0 fully saturated rings. The van der Waals surface area contributed by atoms with Crippen LogP contribution in [0.25, 0.3) is 22.2 Å². The summed E-state index contributed by atoms with van der Waals surface area (Å²) in [6.45, 7) is 0.597. The van der Waals surface area contributed by atoms with Gasteiger partial charge in [-0.15, -0.1) is 0 Å². The fraction of sp³-hybridized carbons (Fsp3) is 0.130. The lowest BCUT2D eigenvalue weighted by Gasteiger charge is -2.17. The van der Waals surface area contributed by atoms with Crippen molar-refractivity contribution in [1.29, 1.82) is 0 Å². The van der Waals surface area contributed by atoms with Crippen molar-refractivity contribution in [2.24, 2.45) is 0 Å². The van der Waals surface area contributed by atoms with Crippen LogP contribution in [-0.2, 0) is 19.4 Å². The third-order valence-electron chi connectivity index (χ3n) is 5.11. The first-order chi connectivity index (χ1) is 12.8. The van der Waals surface area contributed by atoms with Gasteiger partial charge in [0, 0.05) is 25.7 Å². The van der Waals surface area contributed by atoms with E-state index in [2.05, 4.69) is 76.1 Å². The zero-order valence-corrected chi connectivity index (χ0v) is 16.4. The zero-order valence-electron chi connectivity index (χ0n) is 14.3. The maximum atomic E-state index is 6.03. The van der Waals surface area contributed by atoms with Gasteiger partial charge in [-0.05, 0) is 82.5 Å². The molecule has 5 rings (SSSR count). The number of nitrogens with one attached hydrogen (secondary N) is 1. The number of ether oxygens (including phenoxy) is 1. The SMILES string of the molecule is Ic1ccc2c(c1)CCc1c-2[nH]c2ccc(OCc3ccccc3)cc12. The first-order valence-corrected chi connectivity index (χ1v) is 9.96. The number of rotatable bonds is 3. The van der Waals surface area contributed by atoms with Crippen LogP contribution in [0.5, 0.6) is 5.75 Å². The van der Waals surface area contributed by atoms with Gasteiger partial charge in [-0.3, -0.25) is 0 Å². The van der Waals surface area contributed by atoms with E-state index in [-0.39, 0.29) is 0 Å². The largest absolute Gasteiger partial charge is 0.489 e. The average Bonchev–Trinajstić information content (AvgIpc) is 3.05. The Kier molecular flexibility index (Phi) is 3.97. The second kappa shape index (κ2) is 6.47. The average molecular weight is 451 g/mol. The van der Waals surface area contributed by atoms with Crippen LogP contribution in [0.4, 0.5) is 0 Å². The molecule has 0 atom stereocenters. The number of hydrogen-bond donors (Lipinski definition) is 1. The molecule has 4 aromatic rings. The topological polar surface area (TPSA) is 25.0 Å². The molecule has 1 aliphatic rings. The molecule has 0 bridgehead atoms. The quantitative estimate of drug-likeness (QED) is 0.373. The Bertz CT molecular complexity index is 1100. The molecular weight excluding hydrogens is 433 g/mol. The van der Waals surface area contributed by atoms with E-state index < -0.39 is 0 Å². The van der Waals surface area contributed by atoms with Crippen molar-refractivity contribution in [2.75, 3.05) is 0 Å². The minimum atomic E-state index is 0.597. The van der Waals surface area contributed by atoms with Crippen molar-refractivity contribution in [3.05, 3.63) is 87.0 Å². The van der Waals surface area contributed by atoms with Gasteiger partial charge in [-0.25, -0.2) is 0 Å². The minimum absolute atomic E-state index is 0.597. The molecule has 1 heterocycles. The molecule has 3 heteroatoms. The number of benzene rings is 3. The van der Waals surface area contributed by atoms with E-state index in [4.69, 9.17) is 4.74 Å². The van der Waals surface area contributed by atoms with Gasteiger partial charge in [0.25, 0.3) is 0 Å². The van der Waals surface area contributed by atoms with Crippen LogP contribution in [0.3, 0.4) is 0 Å². The van der Waals surface area contributed by atoms with Gasteiger partial charge in [0.2, 0.25) is 0 Å². The van der Waals surface area contributed by atoms with Crippen LogP contribution in [0.15, 0.2) is 66.7 Å². The van der Waals surface area contributed by atoms with Crippen LogP contribution in [-0.4, -0.2) is 4.98 Å². The summed E-state index contributed by atoms with van der Waals surface area (Å²) in [6.07, 6.45) is 2.17. The normalized spacial score (nSPS) is 12.7. The number of aromatic nitrogens is 1. The van der Waals surface area contributed by atoms with Gasteiger partial charge < -0.3 is 9.72 Å². The lowest BCUT2D eigenvalue weighted by Crippen LogP contribution is -2.03. The molecule has 1 N–H and O–H groups in total. The standard InChI is InChI=1S/C23H18INO/c24-17-7-10-19-16(12-17)6-9-20-21-13-18(8-11-22(21)25-23(19)20)26-14-15-4-2-1-3-5-15/h1-5,7-8,10-13,25H,6,9,14H2. The Morgan fingerprint density at radius 1 is 0.923 bits per heavy atom. The number of H-pyrrole nitrogens is 1. The van der Waals surface area contributed by atoms with Crippen molar-refractivity contribution >= 4 is 33.5 Å². The minimum Gasteiger partial charge on any atom is -0.489 e. The molecule has 0 saturated carbocycles. The monoisotopic (exact) mass is 451 g/mol. The number of aromatic amines is 1. The molecule has 1 aromatic heterocycles. The van der Waals surface area contributed by atoms with E-state index in [1.165, 1.54) is 42.4 Å². The zero-order chi connectivity index (χ0) is 17.5. The molecule has 0 radical (unpaired) electrons. The molecule has 0 saturated heterocycles. The van der Waals surface area contributed by atoms with Gasteiger partial charge in [0.1, 0.15) is 12.4 Å². The molecule has 128 valence electrons. The van der Waals surface area contributed by atoms with Crippen LogP contribution in [0.2, 0.25) is 0 Å². The molecule has 26 heavy (non-hydrogen) atoms. The fourth-order valence-corrected chi connectivity index (χ4v) is 4.38. The molecule has 2 nitrogen and oxygen atoms in total. The second-order valence-electron chi connectivity index (χ2n) is 6.76. The van der Waals surface area contributed by atoms with Gasteiger partial charge in [0.05, 0.1) is 0 Å². The highest BCUT2D eigenvalue weighted by Crippen LogP contribution is 2.39. The van der Waals surface area contributed by atoms with E-state index in [0.717, 1.165) is 18.6 Å². The van der Waals surface area contributed by atoms with Gasteiger partial charge in [-0.2, -0.15) is 0 Å². The van der Waals surface area contributed by atoms with Crippen LogP contribution in [0, 0.1) is 3.57 Å². The van der Waals surface area contributed by atoms with Crippen molar-refractivity contribution in [3.8, 4) is 17.0 Å². The predicted octanol–water partition coefficient (Wildman–Crippen LogP) is 6.12. The molecule has 1 aliphatic carbocycles. The molecule has 0 spiro atoms. The Labute approximate surface area is 166 Å². The Morgan fingerprint density at radius 2 is 1.81 bits per heavy atom. The number of aryl methyl sites for hydroxylation is 2. The number of halogens is 1. The van der Waals surface area contributed by atoms with Crippen molar-refractivity contribution in [2.45, 2.75) is 19.4 Å². The first kappa shape index (κ1) is 15.9. The van der Waals surface area contributed by atoms with Crippen LogP contribution >= 0.6 is 22.6 Å².